The molecule has 2 fully saturated rings. The Morgan fingerprint density at radius 3 is 2.23 bits per heavy atom. The second-order valence-electron chi connectivity index (χ2n) is 7.13. The second kappa shape index (κ2) is 8.19. The monoisotopic (exact) mass is 375 g/mol. The Morgan fingerprint density at radius 1 is 1.04 bits per heavy atom. The van der Waals surface area contributed by atoms with Crippen LogP contribution in [0.25, 0.3) is 0 Å². The van der Waals surface area contributed by atoms with Crippen molar-refractivity contribution >= 4 is 15.9 Å². The lowest BCUT2D eigenvalue weighted by molar-refractivity contribution is -0.133. The summed E-state index contributed by atoms with van der Waals surface area (Å²) in [5.74, 6) is 0.656. The van der Waals surface area contributed by atoms with Gasteiger partial charge in [-0.3, -0.25) is 4.79 Å². The Balaban J connectivity index is 1.56. The quantitative estimate of drug-likeness (QED) is 0.809. The molecule has 1 aromatic carbocycles. The molecule has 3 rings (SSSR count). The number of benzene rings is 1. The summed E-state index contributed by atoms with van der Waals surface area (Å²) in [5, 5.41) is 8.83. The van der Waals surface area contributed by atoms with Gasteiger partial charge in [0.2, 0.25) is 15.9 Å². The first-order valence-electron chi connectivity index (χ1n) is 9.29. The highest BCUT2D eigenvalue weighted by Crippen LogP contribution is 2.27. The smallest absolute Gasteiger partial charge is 0.243 e. The summed E-state index contributed by atoms with van der Waals surface area (Å²) >= 11 is 0. The van der Waals surface area contributed by atoms with Gasteiger partial charge in [-0.2, -0.15) is 9.57 Å². The molecule has 140 valence electrons. The van der Waals surface area contributed by atoms with Gasteiger partial charge in [-0.1, -0.05) is 19.3 Å². The molecule has 2 aliphatic rings. The van der Waals surface area contributed by atoms with Gasteiger partial charge in [-0.25, -0.2) is 8.42 Å². The van der Waals surface area contributed by atoms with Gasteiger partial charge in [-0.05, 0) is 43.0 Å². The summed E-state index contributed by atoms with van der Waals surface area (Å²) in [4.78, 5) is 14.5. The van der Waals surface area contributed by atoms with Crippen molar-refractivity contribution in [3.05, 3.63) is 29.8 Å². The lowest BCUT2D eigenvalue weighted by atomic mass is 9.86. The molecule has 0 atom stereocenters. The van der Waals surface area contributed by atoms with E-state index in [2.05, 4.69) is 0 Å². The Labute approximate surface area is 155 Å². The SMILES string of the molecule is N#Cc1ccc(S(=O)(=O)N2CCN(C(=O)CC3CCCCC3)CC2)cc1. The Hall–Kier alpha value is -1.91. The van der Waals surface area contributed by atoms with Gasteiger partial charge in [0.25, 0.3) is 0 Å². The molecule has 1 aliphatic heterocycles. The minimum Gasteiger partial charge on any atom is -0.340 e. The summed E-state index contributed by atoms with van der Waals surface area (Å²) in [6.45, 7) is 1.53. The van der Waals surface area contributed by atoms with E-state index in [1.54, 1.807) is 4.90 Å². The number of sulfonamides is 1. The first kappa shape index (κ1) is 18.9. The van der Waals surface area contributed by atoms with Gasteiger partial charge in [0, 0.05) is 32.6 Å². The molecule has 7 heteroatoms. The van der Waals surface area contributed by atoms with Gasteiger partial charge in [0.1, 0.15) is 0 Å². The van der Waals surface area contributed by atoms with Crippen molar-refractivity contribution in [1.82, 2.24) is 9.21 Å². The van der Waals surface area contributed by atoms with Crippen molar-refractivity contribution in [1.29, 1.82) is 5.26 Å². The summed E-state index contributed by atoms with van der Waals surface area (Å²) < 4.78 is 26.9. The first-order chi connectivity index (χ1) is 12.5. The molecule has 0 N–H and O–H groups in total. The van der Waals surface area contributed by atoms with Crippen LogP contribution < -0.4 is 0 Å². The van der Waals surface area contributed by atoms with Crippen LogP contribution in [0.4, 0.5) is 0 Å². The third-order valence-corrected chi connectivity index (χ3v) is 7.31. The average molecular weight is 375 g/mol. The molecule has 0 aromatic heterocycles. The number of amides is 1. The topological polar surface area (TPSA) is 81.5 Å². The molecule has 1 heterocycles. The van der Waals surface area contributed by atoms with Crippen molar-refractivity contribution in [2.75, 3.05) is 26.2 Å². The predicted molar refractivity (Wildman–Crippen MR) is 97.7 cm³/mol. The maximum absolute atomic E-state index is 12.7. The van der Waals surface area contributed by atoms with Crippen LogP contribution in [0, 0.1) is 17.2 Å². The van der Waals surface area contributed by atoms with Crippen LogP contribution >= 0.6 is 0 Å². The highest BCUT2D eigenvalue weighted by Gasteiger charge is 2.30. The van der Waals surface area contributed by atoms with E-state index in [0.717, 1.165) is 12.8 Å². The molecular weight excluding hydrogens is 350 g/mol. The Morgan fingerprint density at radius 2 is 1.65 bits per heavy atom. The standard InChI is InChI=1S/C19H25N3O3S/c20-15-17-6-8-18(9-7-17)26(24,25)22-12-10-21(11-13-22)19(23)14-16-4-2-1-3-5-16/h6-9,16H,1-5,10-14H2. The zero-order valence-corrected chi connectivity index (χ0v) is 15.7. The minimum absolute atomic E-state index is 0.160. The van der Waals surface area contributed by atoms with Crippen molar-refractivity contribution in [2.24, 2.45) is 5.92 Å². The summed E-state index contributed by atoms with van der Waals surface area (Å²) in [6, 6.07) is 7.94. The van der Waals surface area contributed by atoms with Crippen molar-refractivity contribution in [2.45, 2.75) is 43.4 Å². The number of hydrogen-bond donors (Lipinski definition) is 0. The first-order valence-corrected chi connectivity index (χ1v) is 10.7. The number of nitrogens with zero attached hydrogens (tertiary/aromatic N) is 3. The fourth-order valence-electron chi connectivity index (χ4n) is 3.80. The number of rotatable bonds is 4. The van der Waals surface area contributed by atoms with Crippen LogP contribution in [0.3, 0.4) is 0 Å². The fraction of sp³-hybridized carbons (Fsp3) is 0.579. The van der Waals surface area contributed by atoms with Crippen LogP contribution in [-0.4, -0.2) is 49.7 Å². The number of piperazine rings is 1. The van der Waals surface area contributed by atoms with Crippen LogP contribution in [0.2, 0.25) is 0 Å². The Bertz CT molecular complexity index is 769. The van der Waals surface area contributed by atoms with Crippen molar-refractivity contribution in [3.63, 3.8) is 0 Å². The van der Waals surface area contributed by atoms with E-state index in [9.17, 15) is 13.2 Å². The maximum Gasteiger partial charge on any atom is 0.243 e. The van der Waals surface area contributed by atoms with Gasteiger partial charge in [0.05, 0.1) is 16.5 Å². The van der Waals surface area contributed by atoms with Gasteiger partial charge < -0.3 is 4.90 Å². The van der Waals surface area contributed by atoms with Crippen LogP contribution in [0.5, 0.6) is 0 Å². The number of carbonyl (C=O) groups excluding carboxylic acids is 1. The third-order valence-electron chi connectivity index (χ3n) is 5.40. The van der Waals surface area contributed by atoms with Crippen molar-refractivity contribution < 1.29 is 13.2 Å². The molecule has 1 amide bonds. The minimum atomic E-state index is -3.58. The highest BCUT2D eigenvalue weighted by atomic mass is 32.2. The molecule has 0 spiro atoms. The number of nitriles is 1. The molecule has 1 aliphatic carbocycles. The average Bonchev–Trinajstić information content (AvgIpc) is 2.69. The van der Waals surface area contributed by atoms with E-state index in [0.29, 0.717) is 44.1 Å². The number of carbonyl (C=O) groups is 1. The second-order valence-corrected chi connectivity index (χ2v) is 9.07. The largest absolute Gasteiger partial charge is 0.340 e. The predicted octanol–water partition coefficient (Wildman–Crippen LogP) is 2.36. The molecule has 6 nitrogen and oxygen atoms in total. The van der Waals surface area contributed by atoms with Crippen LogP contribution in [-0.2, 0) is 14.8 Å². The number of hydrogen-bond acceptors (Lipinski definition) is 4. The summed E-state index contributed by atoms with van der Waals surface area (Å²) in [7, 11) is -3.58. The molecule has 1 saturated carbocycles. The molecule has 26 heavy (non-hydrogen) atoms. The molecule has 0 radical (unpaired) electrons. The lowest BCUT2D eigenvalue weighted by Gasteiger charge is -2.35. The zero-order valence-electron chi connectivity index (χ0n) is 14.9. The molecule has 0 unspecified atom stereocenters. The lowest BCUT2D eigenvalue weighted by Crippen LogP contribution is -2.50. The Kier molecular flexibility index (Phi) is 5.94. The molecule has 1 saturated heterocycles. The van der Waals surface area contributed by atoms with E-state index in [4.69, 9.17) is 5.26 Å². The van der Waals surface area contributed by atoms with Gasteiger partial charge in [-0.15, -0.1) is 0 Å². The third kappa shape index (κ3) is 4.25. The van der Waals surface area contributed by atoms with E-state index in [-0.39, 0.29) is 10.8 Å². The van der Waals surface area contributed by atoms with E-state index < -0.39 is 10.0 Å². The molecule has 1 aromatic rings. The highest BCUT2D eigenvalue weighted by molar-refractivity contribution is 7.89. The molecule has 0 bridgehead atoms. The zero-order chi connectivity index (χ0) is 18.6. The maximum atomic E-state index is 12.7. The molecular formula is C19H25N3O3S. The van der Waals surface area contributed by atoms with Gasteiger partial charge >= 0.3 is 0 Å². The van der Waals surface area contributed by atoms with Crippen molar-refractivity contribution in [3.8, 4) is 6.07 Å². The van der Waals surface area contributed by atoms with E-state index in [1.807, 2.05) is 6.07 Å². The normalized spacial score (nSPS) is 19.9. The summed E-state index contributed by atoms with van der Waals surface area (Å²) in [5.41, 5.74) is 0.432. The van der Waals surface area contributed by atoms with E-state index >= 15 is 0 Å². The van der Waals surface area contributed by atoms with Crippen LogP contribution in [0.1, 0.15) is 44.1 Å². The summed E-state index contributed by atoms with van der Waals surface area (Å²) in [6.07, 6.45) is 6.58. The van der Waals surface area contributed by atoms with Gasteiger partial charge in [0.15, 0.2) is 0 Å². The van der Waals surface area contributed by atoms with E-state index in [1.165, 1.54) is 47.8 Å². The fourth-order valence-corrected chi connectivity index (χ4v) is 5.22. The van der Waals surface area contributed by atoms with Crippen LogP contribution in [0.15, 0.2) is 29.2 Å².